The lowest BCUT2D eigenvalue weighted by molar-refractivity contribution is -0.119. The van der Waals surface area contributed by atoms with E-state index < -0.39 is 6.04 Å². The minimum Gasteiger partial charge on any atom is -0.316 e. The van der Waals surface area contributed by atoms with E-state index in [0.717, 1.165) is 24.2 Å². The van der Waals surface area contributed by atoms with Gasteiger partial charge in [-0.3, -0.25) is 4.79 Å². The van der Waals surface area contributed by atoms with Gasteiger partial charge in [0.25, 0.3) is 0 Å². The van der Waals surface area contributed by atoms with Gasteiger partial charge in [-0.1, -0.05) is 19.1 Å². The summed E-state index contributed by atoms with van der Waals surface area (Å²) in [7, 11) is 4.00. The molecule has 0 spiro atoms. The van der Waals surface area contributed by atoms with Crippen molar-refractivity contribution >= 4 is 11.6 Å². The molecule has 0 fully saturated rings. The quantitative estimate of drug-likeness (QED) is 0.868. The molecule has 4 nitrogen and oxygen atoms in total. The van der Waals surface area contributed by atoms with E-state index >= 15 is 0 Å². The largest absolute Gasteiger partial charge is 0.316 e. The number of amides is 1. The predicted molar refractivity (Wildman–Crippen MR) is 73.7 cm³/mol. The van der Waals surface area contributed by atoms with Gasteiger partial charge in [0.05, 0.1) is 0 Å². The van der Waals surface area contributed by atoms with Crippen LogP contribution in [0.5, 0.6) is 0 Å². The number of carbonyl (C=O) groups is 1. The Balaban J connectivity index is 2.28. The molecule has 1 aromatic rings. The number of carbonyl (C=O) groups excluding carboxylic acids is 1. The minimum atomic E-state index is -0.492. The normalized spacial score (nSPS) is 18.6. The highest BCUT2D eigenvalue weighted by molar-refractivity contribution is 6.04. The van der Waals surface area contributed by atoms with Crippen molar-refractivity contribution in [1.29, 1.82) is 0 Å². The second-order valence-corrected chi connectivity index (χ2v) is 5.02. The molecule has 1 aromatic carbocycles. The van der Waals surface area contributed by atoms with Gasteiger partial charge in [0.15, 0.2) is 0 Å². The molecule has 2 N–H and O–H groups in total. The van der Waals surface area contributed by atoms with E-state index in [-0.39, 0.29) is 5.91 Å². The Morgan fingerprint density at radius 1 is 1.39 bits per heavy atom. The van der Waals surface area contributed by atoms with Crippen molar-refractivity contribution in [2.24, 2.45) is 5.73 Å². The van der Waals surface area contributed by atoms with Crippen LogP contribution < -0.4 is 10.6 Å². The summed E-state index contributed by atoms with van der Waals surface area (Å²) in [6.07, 6.45) is 0.964. The Hall–Kier alpha value is -1.39. The first-order valence-electron chi connectivity index (χ1n) is 6.39. The van der Waals surface area contributed by atoms with Crippen molar-refractivity contribution in [1.82, 2.24) is 4.90 Å². The number of fused-ring (bicyclic) bond motifs is 1. The molecule has 4 heteroatoms. The lowest BCUT2D eigenvalue weighted by Gasteiger charge is -2.20. The van der Waals surface area contributed by atoms with E-state index in [1.54, 1.807) is 4.90 Å². The Morgan fingerprint density at radius 3 is 2.72 bits per heavy atom. The Kier molecular flexibility index (Phi) is 3.68. The smallest absolute Gasteiger partial charge is 0.248 e. The van der Waals surface area contributed by atoms with Crippen LogP contribution in [-0.2, 0) is 11.2 Å². The number of nitrogens with zero attached hydrogens (tertiary/aromatic N) is 2. The molecule has 0 saturated carbocycles. The molecule has 0 aromatic heterocycles. The van der Waals surface area contributed by atoms with Gasteiger partial charge in [0, 0.05) is 24.3 Å². The van der Waals surface area contributed by atoms with Crippen LogP contribution in [0.15, 0.2) is 18.2 Å². The van der Waals surface area contributed by atoms with E-state index in [4.69, 9.17) is 5.73 Å². The Labute approximate surface area is 108 Å². The summed E-state index contributed by atoms with van der Waals surface area (Å²) in [4.78, 5) is 16.0. The van der Waals surface area contributed by atoms with Gasteiger partial charge in [0.2, 0.25) is 5.91 Å². The first kappa shape index (κ1) is 13.1. The van der Waals surface area contributed by atoms with E-state index in [9.17, 15) is 4.79 Å². The number of benzene rings is 1. The summed E-state index contributed by atoms with van der Waals surface area (Å²) in [5, 5.41) is 0. The van der Waals surface area contributed by atoms with Gasteiger partial charge in [-0.05, 0) is 32.1 Å². The minimum absolute atomic E-state index is 0.0140. The van der Waals surface area contributed by atoms with Crippen LogP contribution in [0.4, 0.5) is 5.69 Å². The van der Waals surface area contributed by atoms with Crippen molar-refractivity contribution in [2.45, 2.75) is 19.4 Å². The van der Waals surface area contributed by atoms with Crippen LogP contribution in [0.25, 0.3) is 0 Å². The Morgan fingerprint density at radius 2 is 2.11 bits per heavy atom. The average molecular weight is 247 g/mol. The number of hydrogen-bond donors (Lipinski definition) is 1. The highest BCUT2D eigenvalue weighted by atomic mass is 16.2. The molecule has 2 rings (SSSR count). The SMILES string of the molecule is CCc1ccc2c(c1)C(N)C(=O)N2CCN(C)C. The van der Waals surface area contributed by atoms with Crippen molar-refractivity contribution in [3.8, 4) is 0 Å². The van der Waals surface area contributed by atoms with Crippen LogP contribution >= 0.6 is 0 Å². The molecule has 1 atom stereocenters. The van der Waals surface area contributed by atoms with Gasteiger partial charge in [-0.15, -0.1) is 0 Å². The highest BCUT2D eigenvalue weighted by Gasteiger charge is 2.34. The summed E-state index contributed by atoms with van der Waals surface area (Å²) >= 11 is 0. The maximum Gasteiger partial charge on any atom is 0.248 e. The lowest BCUT2D eigenvalue weighted by atomic mass is 10.0. The number of hydrogen-bond acceptors (Lipinski definition) is 3. The van der Waals surface area contributed by atoms with Gasteiger partial charge < -0.3 is 15.5 Å². The second-order valence-electron chi connectivity index (χ2n) is 5.02. The molecule has 1 unspecified atom stereocenters. The number of rotatable bonds is 4. The van der Waals surface area contributed by atoms with Crippen LogP contribution in [0.2, 0.25) is 0 Å². The number of aryl methyl sites for hydroxylation is 1. The zero-order chi connectivity index (χ0) is 13.3. The van der Waals surface area contributed by atoms with E-state index in [1.807, 2.05) is 20.2 Å². The molecule has 1 aliphatic heterocycles. The van der Waals surface area contributed by atoms with E-state index in [2.05, 4.69) is 24.0 Å². The third-order valence-electron chi connectivity index (χ3n) is 3.43. The van der Waals surface area contributed by atoms with Gasteiger partial charge in [-0.25, -0.2) is 0 Å². The molecule has 98 valence electrons. The fourth-order valence-electron chi connectivity index (χ4n) is 2.27. The van der Waals surface area contributed by atoms with Gasteiger partial charge >= 0.3 is 0 Å². The second kappa shape index (κ2) is 5.08. The monoisotopic (exact) mass is 247 g/mol. The molecule has 0 aliphatic carbocycles. The third-order valence-corrected chi connectivity index (χ3v) is 3.43. The molecular weight excluding hydrogens is 226 g/mol. The molecular formula is C14H21N3O. The lowest BCUT2D eigenvalue weighted by Crippen LogP contribution is -2.36. The van der Waals surface area contributed by atoms with Crippen molar-refractivity contribution < 1.29 is 4.79 Å². The maximum atomic E-state index is 12.2. The van der Waals surface area contributed by atoms with Crippen molar-refractivity contribution in [2.75, 3.05) is 32.1 Å². The standard InChI is InChI=1S/C14H21N3O/c1-4-10-5-6-12-11(9-10)13(15)14(18)17(12)8-7-16(2)3/h5-6,9,13H,4,7-8,15H2,1-3H3. The summed E-state index contributed by atoms with van der Waals surface area (Å²) < 4.78 is 0. The first-order chi connectivity index (χ1) is 8.54. The summed E-state index contributed by atoms with van der Waals surface area (Å²) in [6, 6.07) is 5.67. The molecule has 1 aliphatic rings. The maximum absolute atomic E-state index is 12.2. The Bertz CT molecular complexity index is 456. The number of anilines is 1. The fourth-order valence-corrected chi connectivity index (χ4v) is 2.27. The zero-order valence-electron chi connectivity index (χ0n) is 11.3. The van der Waals surface area contributed by atoms with Gasteiger partial charge in [0.1, 0.15) is 6.04 Å². The highest BCUT2D eigenvalue weighted by Crippen LogP contribution is 2.35. The molecule has 0 radical (unpaired) electrons. The van der Waals surface area contributed by atoms with Crippen molar-refractivity contribution in [3.63, 3.8) is 0 Å². The fraction of sp³-hybridized carbons (Fsp3) is 0.500. The van der Waals surface area contributed by atoms with E-state index in [1.165, 1.54) is 5.56 Å². The van der Waals surface area contributed by atoms with Crippen LogP contribution in [0, 0.1) is 0 Å². The molecule has 1 amide bonds. The predicted octanol–water partition coefficient (Wildman–Crippen LogP) is 1.16. The van der Waals surface area contributed by atoms with E-state index in [0.29, 0.717) is 6.54 Å². The molecule has 1 heterocycles. The summed E-state index contributed by atoms with van der Waals surface area (Å²) in [6.45, 7) is 3.64. The molecule has 0 bridgehead atoms. The van der Waals surface area contributed by atoms with Crippen LogP contribution in [-0.4, -0.2) is 38.0 Å². The molecule has 0 saturated heterocycles. The summed E-state index contributed by atoms with van der Waals surface area (Å²) in [5.41, 5.74) is 9.18. The summed E-state index contributed by atoms with van der Waals surface area (Å²) in [5.74, 6) is 0.0140. The average Bonchev–Trinajstić information content (AvgIpc) is 2.59. The van der Waals surface area contributed by atoms with Crippen molar-refractivity contribution in [3.05, 3.63) is 29.3 Å². The molecule has 18 heavy (non-hydrogen) atoms. The topological polar surface area (TPSA) is 49.6 Å². The number of nitrogens with two attached hydrogens (primary N) is 1. The van der Waals surface area contributed by atoms with Gasteiger partial charge in [-0.2, -0.15) is 0 Å². The van der Waals surface area contributed by atoms with Crippen LogP contribution in [0.3, 0.4) is 0 Å². The zero-order valence-corrected chi connectivity index (χ0v) is 11.3. The van der Waals surface area contributed by atoms with Crippen LogP contribution in [0.1, 0.15) is 24.1 Å². The third kappa shape index (κ3) is 2.26. The number of likely N-dealkylation sites (N-methyl/N-ethyl adjacent to an activating group) is 1. The first-order valence-corrected chi connectivity index (χ1v) is 6.39.